The molecule has 0 rings (SSSR count). The summed E-state index contributed by atoms with van der Waals surface area (Å²) in [6.45, 7) is 4.23. The predicted molar refractivity (Wildman–Crippen MR) is 296 cm³/mol. The lowest BCUT2D eigenvalue weighted by atomic mass is 10.0. The Bertz CT molecular complexity index is 1280. The van der Waals surface area contributed by atoms with Crippen molar-refractivity contribution in [3.63, 3.8) is 0 Å². The molecule has 0 spiro atoms. The number of phosphoric acid groups is 1. The first-order chi connectivity index (χ1) is 34.0. The molecule has 0 aromatic rings. The van der Waals surface area contributed by atoms with Crippen LogP contribution in [0.15, 0.2) is 36.5 Å². The van der Waals surface area contributed by atoms with Gasteiger partial charge in [-0.2, -0.15) is 0 Å². The Morgan fingerprint density at radius 2 is 0.771 bits per heavy atom. The Morgan fingerprint density at radius 3 is 1.14 bits per heavy atom. The highest BCUT2D eigenvalue weighted by Gasteiger charge is 2.22. The van der Waals surface area contributed by atoms with Gasteiger partial charge in [0.25, 0.3) is 7.82 Å². The lowest BCUT2D eigenvalue weighted by Crippen LogP contribution is -2.37. The molecule has 2 unspecified atom stereocenters. The Labute approximate surface area is 433 Å². The number of phosphoric ester groups is 1. The molecule has 0 bridgehead atoms. The third kappa shape index (κ3) is 55.5. The Balaban J connectivity index is 3.85. The number of likely N-dealkylation sites (N-methyl/N-ethyl adjacent to an activating group) is 1. The van der Waals surface area contributed by atoms with E-state index in [-0.39, 0.29) is 32.0 Å². The highest BCUT2D eigenvalue weighted by atomic mass is 31.2. The minimum Gasteiger partial charge on any atom is -0.756 e. The van der Waals surface area contributed by atoms with Crippen LogP contribution in [0.2, 0.25) is 0 Å². The van der Waals surface area contributed by atoms with E-state index in [0.717, 1.165) is 44.9 Å². The topological polar surface area (TPSA) is 111 Å². The lowest BCUT2D eigenvalue weighted by molar-refractivity contribution is -0.870. The van der Waals surface area contributed by atoms with Crippen molar-refractivity contribution in [3.05, 3.63) is 36.5 Å². The van der Waals surface area contributed by atoms with Crippen molar-refractivity contribution >= 4 is 19.8 Å². The van der Waals surface area contributed by atoms with Gasteiger partial charge in [0.1, 0.15) is 19.8 Å². The first kappa shape index (κ1) is 68.2. The molecule has 0 radical (unpaired) electrons. The number of hydrogen-bond acceptors (Lipinski definition) is 8. The molecule has 0 N–H and O–H groups in total. The molecule has 9 nitrogen and oxygen atoms in total. The van der Waals surface area contributed by atoms with Gasteiger partial charge >= 0.3 is 11.9 Å². The second-order valence-corrected chi connectivity index (χ2v) is 22.8. The Hall–Kier alpha value is -1.77. The largest absolute Gasteiger partial charge is 0.756 e. The molecule has 0 saturated carbocycles. The van der Waals surface area contributed by atoms with Crippen LogP contribution in [0.4, 0.5) is 0 Å². The number of rotatable bonds is 55. The number of allylic oxidation sites excluding steroid dienone is 6. The van der Waals surface area contributed by atoms with Gasteiger partial charge in [0, 0.05) is 12.8 Å². The summed E-state index contributed by atoms with van der Waals surface area (Å²) in [5.41, 5.74) is 0. The number of nitrogens with zero attached hydrogens (tertiary/aromatic N) is 1. The zero-order valence-electron chi connectivity index (χ0n) is 46.7. The summed E-state index contributed by atoms with van der Waals surface area (Å²) in [5.74, 6) is -0.824. The molecule has 0 aliphatic carbocycles. The van der Waals surface area contributed by atoms with E-state index in [4.69, 9.17) is 18.5 Å². The van der Waals surface area contributed by atoms with Gasteiger partial charge in [0.2, 0.25) is 0 Å². The summed E-state index contributed by atoms with van der Waals surface area (Å²) in [7, 11) is 1.18. The van der Waals surface area contributed by atoms with Gasteiger partial charge in [0.15, 0.2) is 6.10 Å². The molecule has 0 heterocycles. The summed E-state index contributed by atoms with van der Waals surface area (Å²) >= 11 is 0. The molecule has 412 valence electrons. The molecular formula is C60H114NO8P. The summed E-state index contributed by atoms with van der Waals surface area (Å²) in [6, 6.07) is 0. The van der Waals surface area contributed by atoms with E-state index in [1.807, 2.05) is 21.1 Å². The van der Waals surface area contributed by atoms with Crippen molar-refractivity contribution < 1.29 is 42.1 Å². The van der Waals surface area contributed by atoms with Crippen molar-refractivity contribution in [1.29, 1.82) is 0 Å². The van der Waals surface area contributed by atoms with Crippen LogP contribution in [0, 0.1) is 0 Å². The molecular weight excluding hydrogens is 894 g/mol. The molecule has 0 aliphatic rings. The highest BCUT2D eigenvalue weighted by molar-refractivity contribution is 7.45. The van der Waals surface area contributed by atoms with E-state index in [0.29, 0.717) is 17.4 Å². The van der Waals surface area contributed by atoms with Crippen LogP contribution in [-0.4, -0.2) is 70.0 Å². The minimum atomic E-state index is -4.62. The van der Waals surface area contributed by atoms with Crippen molar-refractivity contribution in [2.75, 3.05) is 47.5 Å². The van der Waals surface area contributed by atoms with Crippen LogP contribution >= 0.6 is 7.82 Å². The molecule has 0 aromatic heterocycles. The number of unbranched alkanes of at least 4 members (excludes halogenated alkanes) is 35. The zero-order valence-corrected chi connectivity index (χ0v) is 47.6. The highest BCUT2D eigenvalue weighted by Crippen LogP contribution is 2.38. The van der Waals surface area contributed by atoms with Gasteiger partial charge in [-0.05, 0) is 51.4 Å². The van der Waals surface area contributed by atoms with E-state index < -0.39 is 26.5 Å². The first-order valence-electron chi connectivity index (χ1n) is 29.7. The fourth-order valence-corrected chi connectivity index (χ4v) is 9.28. The maximum atomic E-state index is 12.7. The van der Waals surface area contributed by atoms with Gasteiger partial charge in [0.05, 0.1) is 27.7 Å². The molecule has 0 aromatic carbocycles. The molecule has 0 fully saturated rings. The first-order valence-corrected chi connectivity index (χ1v) is 31.2. The normalized spacial score (nSPS) is 13.5. The number of hydrogen-bond donors (Lipinski definition) is 0. The SMILES string of the molecule is CCCCCCC/C=C\C/C=C\C/C=C\CCCCCCCCCCCCCCCCCCCCCCCCC(=O)OC(COC(=O)CCCCCCCCCCC)COP(=O)([O-])OCC[N+](C)(C)C. The van der Waals surface area contributed by atoms with E-state index in [1.165, 1.54) is 205 Å². The predicted octanol–water partition coefficient (Wildman–Crippen LogP) is 17.7. The standard InChI is InChI=1S/C60H114NO8P/c1-6-8-10-12-14-16-17-18-19-20-21-22-23-24-25-26-27-28-29-30-31-32-33-34-35-36-37-38-39-40-41-42-43-45-47-49-51-53-60(63)69-58(57-68-70(64,65)67-55-54-61(3,4)5)56-66-59(62)52-50-48-46-44-15-13-11-9-7-2/h17-18,20-21,23-24,58H,6-16,19,22,25-57H2,1-5H3/b18-17-,21-20-,24-23-. The fraction of sp³-hybridized carbons (Fsp3) is 0.867. The van der Waals surface area contributed by atoms with Crippen LogP contribution in [0.1, 0.15) is 284 Å². The fourth-order valence-electron chi connectivity index (χ4n) is 8.55. The average Bonchev–Trinajstić information content (AvgIpc) is 3.32. The quantitative estimate of drug-likeness (QED) is 0.0195. The van der Waals surface area contributed by atoms with Gasteiger partial charge in [-0.15, -0.1) is 0 Å². The molecule has 2 atom stereocenters. The van der Waals surface area contributed by atoms with Crippen LogP contribution in [0.5, 0.6) is 0 Å². The summed E-state index contributed by atoms with van der Waals surface area (Å²) in [4.78, 5) is 37.6. The van der Waals surface area contributed by atoms with Crippen molar-refractivity contribution in [2.45, 2.75) is 290 Å². The van der Waals surface area contributed by atoms with Crippen LogP contribution in [0.25, 0.3) is 0 Å². The molecule has 0 amide bonds. The van der Waals surface area contributed by atoms with Crippen LogP contribution in [-0.2, 0) is 32.7 Å². The van der Waals surface area contributed by atoms with E-state index in [9.17, 15) is 19.0 Å². The van der Waals surface area contributed by atoms with E-state index in [2.05, 4.69) is 50.3 Å². The summed E-state index contributed by atoms with van der Waals surface area (Å²) in [5, 5.41) is 0. The number of esters is 2. The van der Waals surface area contributed by atoms with Gasteiger partial charge in [-0.25, -0.2) is 0 Å². The zero-order chi connectivity index (χ0) is 51.3. The summed E-state index contributed by atoms with van der Waals surface area (Å²) < 4.78 is 34.0. The van der Waals surface area contributed by atoms with Crippen LogP contribution in [0.3, 0.4) is 0 Å². The Morgan fingerprint density at radius 1 is 0.443 bits per heavy atom. The second-order valence-electron chi connectivity index (χ2n) is 21.4. The smallest absolute Gasteiger partial charge is 0.306 e. The number of carbonyl (C=O) groups excluding carboxylic acids is 2. The second kappa shape index (κ2) is 52.1. The molecule has 10 heteroatoms. The minimum absolute atomic E-state index is 0.0278. The number of ether oxygens (including phenoxy) is 2. The Kier molecular flexibility index (Phi) is 50.8. The lowest BCUT2D eigenvalue weighted by Gasteiger charge is -2.28. The van der Waals surface area contributed by atoms with Crippen molar-refractivity contribution in [3.8, 4) is 0 Å². The summed E-state index contributed by atoms with van der Waals surface area (Å²) in [6.07, 6.45) is 63.8. The third-order valence-corrected chi connectivity index (χ3v) is 14.1. The monoisotopic (exact) mass is 1010 g/mol. The maximum absolute atomic E-state index is 12.7. The molecule has 0 saturated heterocycles. The van der Waals surface area contributed by atoms with E-state index >= 15 is 0 Å². The number of quaternary nitrogens is 1. The number of carbonyl (C=O) groups is 2. The van der Waals surface area contributed by atoms with Gasteiger partial charge in [-0.3, -0.25) is 14.2 Å². The third-order valence-electron chi connectivity index (χ3n) is 13.2. The van der Waals surface area contributed by atoms with Crippen molar-refractivity contribution in [1.82, 2.24) is 0 Å². The maximum Gasteiger partial charge on any atom is 0.306 e. The van der Waals surface area contributed by atoms with Crippen LogP contribution < -0.4 is 4.89 Å². The van der Waals surface area contributed by atoms with E-state index in [1.54, 1.807) is 0 Å². The average molecular weight is 1010 g/mol. The van der Waals surface area contributed by atoms with Gasteiger partial charge < -0.3 is 27.9 Å². The van der Waals surface area contributed by atoms with Gasteiger partial charge in [-0.1, -0.05) is 256 Å². The molecule has 0 aliphatic heterocycles. The molecule has 70 heavy (non-hydrogen) atoms. The van der Waals surface area contributed by atoms with Crippen molar-refractivity contribution in [2.24, 2.45) is 0 Å².